The summed E-state index contributed by atoms with van der Waals surface area (Å²) in [7, 11) is 0. The molecule has 3 aromatic rings. The van der Waals surface area contributed by atoms with Crippen molar-refractivity contribution >= 4 is 16.8 Å². The molecule has 0 unspecified atom stereocenters. The van der Waals surface area contributed by atoms with E-state index in [9.17, 15) is 9.59 Å². The smallest absolute Gasteiger partial charge is 0.257 e. The molecule has 0 bridgehead atoms. The largest absolute Gasteiger partial charge is 0.346 e. The quantitative estimate of drug-likeness (QED) is 0.620. The average Bonchev–Trinajstić information content (AvgIpc) is 2.70. The van der Waals surface area contributed by atoms with Gasteiger partial charge in [0, 0.05) is 18.1 Å². The molecular formula is C23H26N2O2. The number of fused-ring (bicyclic) bond motifs is 1. The minimum atomic E-state index is -0.327. The van der Waals surface area contributed by atoms with Gasteiger partial charge >= 0.3 is 0 Å². The topological polar surface area (TPSA) is 51.1 Å². The van der Waals surface area contributed by atoms with E-state index in [2.05, 4.69) is 12.2 Å². The van der Waals surface area contributed by atoms with Crippen LogP contribution in [0.5, 0.6) is 0 Å². The number of para-hydroxylation sites is 1. The molecule has 1 N–H and O–H groups in total. The van der Waals surface area contributed by atoms with Crippen molar-refractivity contribution in [1.29, 1.82) is 0 Å². The average molecular weight is 362 g/mol. The number of aromatic nitrogens is 1. The number of unbranched alkanes of at least 4 members (excludes halogenated alkanes) is 2. The lowest BCUT2D eigenvalue weighted by Gasteiger charge is -2.16. The van der Waals surface area contributed by atoms with Gasteiger partial charge in [-0.05, 0) is 31.0 Å². The molecule has 1 aromatic heterocycles. The summed E-state index contributed by atoms with van der Waals surface area (Å²) in [6.07, 6.45) is 4.98. The molecule has 4 heteroatoms. The molecular weight excluding hydrogens is 336 g/mol. The van der Waals surface area contributed by atoms with E-state index < -0.39 is 0 Å². The van der Waals surface area contributed by atoms with E-state index in [1.54, 1.807) is 12.3 Å². The minimum Gasteiger partial charge on any atom is -0.346 e. The highest BCUT2D eigenvalue weighted by Gasteiger charge is 2.17. The highest BCUT2D eigenvalue weighted by atomic mass is 16.2. The Hall–Kier alpha value is -2.88. The van der Waals surface area contributed by atoms with Crippen molar-refractivity contribution in [3.63, 3.8) is 0 Å². The van der Waals surface area contributed by atoms with E-state index >= 15 is 0 Å². The zero-order chi connectivity index (χ0) is 19.2. The van der Waals surface area contributed by atoms with Crippen LogP contribution in [0.25, 0.3) is 10.9 Å². The van der Waals surface area contributed by atoms with E-state index in [0.29, 0.717) is 5.39 Å². The van der Waals surface area contributed by atoms with Crippen LogP contribution in [0, 0.1) is 0 Å². The fourth-order valence-electron chi connectivity index (χ4n) is 3.32. The van der Waals surface area contributed by atoms with Gasteiger partial charge in [0.25, 0.3) is 5.91 Å². The molecule has 1 amide bonds. The Morgan fingerprint density at radius 3 is 2.48 bits per heavy atom. The first kappa shape index (κ1) is 18.9. The molecule has 0 saturated heterocycles. The lowest BCUT2D eigenvalue weighted by atomic mass is 10.1. The number of aryl methyl sites for hydroxylation is 1. The Morgan fingerprint density at radius 2 is 1.74 bits per heavy atom. The summed E-state index contributed by atoms with van der Waals surface area (Å²) in [6.45, 7) is 4.88. The van der Waals surface area contributed by atoms with Crippen molar-refractivity contribution in [2.24, 2.45) is 0 Å². The van der Waals surface area contributed by atoms with Crippen LogP contribution in [0.4, 0.5) is 0 Å². The molecule has 0 fully saturated rings. The summed E-state index contributed by atoms with van der Waals surface area (Å²) in [5.74, 6) is -0.327. The second-order valence-corrected chi connectivity index (χ2v) is 6.90. The number of amides is 1. The Morgan fingerprint density at radius 1 is 1.04 bits per heavy atom. The van der Waals surface area contributed by atoms with E-state index in [1.165, 1.54) is 0 Å². The molecule has 0 aliphatic carbocycles. The van der Waals surface area contributed by atoms with Gasteiger partial charge in [0.2, 0.25) is 5.43 Å². The van der Waals surface area contributed by atoms with Crippen LogP contribution in [0.2, 0.25) is 0 Å². The van der Waals surface area contributed by atoms with Crippen molar-refractivity contribution in [3.8, 4) is 0 Å². The van der Waals surface area contributed by atoms with Gasteiger partial charge in [-0.1, -0.05) is 62.2 Å². The standard InChI is InChI=1S/C23H26N2O2/c1-3-4-10-15-25-16-20(22(26)19-13-8-9-14-21(19)25)23(27)24-17(2)18-11-6-5-7-12-18/h5-9,11-14,16-17H,3-4,10,15H2,1-2H3,(H,24,27)/t17-/m1/s1. The van der Waals surface area contributed by atoms with Crippen LogP contribution in [-0.2, 0) is 6.54 Å². The van der Waals surface area contributed by atoms with E-state index in [4.69, 9.17) is 0 Å². The van der Waals surface area contributed by atoms with Crippen molar-refractivity contribution in [1.82, 2.24) is 9.88 Å². The van der Waals surface area contributed by atoms with E-state index in [-0.39, 0.29) is 22.9 Å². The molecule has 0 aliphatic rings. The summed E-state index contributed by atoms with van der Waals surface area (Å²) < 4.78 is 2.04. The number of rotatable bonds is 7. The van der Waals surface area contributed by atoms with Crippen molar-refractivity contribution in [2.45, 2.75) is 45.7 Å². The highest BCUT2D eigenvalue weighted by molar-refractivity contribution is 5.97. The van der Waals surface area contributed by atoms with Gasteiger partial charge in [-0.15, -0.1) is 0 Å². The summed E-state index contributed by atoms with van der Waals surface area (Å²) in [5.41, 5.74) is 1.88. The molecule has 0 aliphatic heterocycles. The summed E-state index contributed by atoms with van der Waals surface area (Å²) in [5, 5.41) is 3.55. The number of nitrogens with one attached hydrogen (secondary N) is 1. The molecule has 2 aromatic carbocycles. The predicted octanol–water partition coefficient (Wildman–Crippen LogP) is 4.68. The lowest BCUT2D eigenvalue weighted by Crippen LogP contribution is -2.31. The van der Waals surface area contributed by atoms with Crippen LogP contribution >= 0.6 is 0 Å². The van der Waals surface area contributed by atoms with Gasteiger partial charge in [-0.25, -0.2) is 0 Å². The zero-order valence-electron chi connectivity index (χ0n) is 15.9. The molecule has 0 spiro atoms. The number of nitrogens with zero attached hydrogens (tertiary/aromatic N) is 1. The van der Waals surface area contributed by atoms with Crippen molar-refractivity contribution in [3.05, 3.63) is 82.1 Å². The van der Waals surface area contributed by atoms with Gasteiger partial charge in [0.1, 0.15) is 5.56 Å². The van der Waals surface area contributed by atoms with Crippen molar-refractivity contribution < 1.29 is 4.79 Å². The normalized spacial score (nSPS) is 12.1. The third-order valence-corrected chi connectivity index (χ3v) is 4.88. The second-order valence-electron chi connectivity index (χ2n) is 6.90. The SMILES string of the molecule is CCCCCn1cc(C(=O)N[C@H](C)c2ccccc2)c(=O)c2ccccc21. The van der Waals surface area contributed by atoms with Gasteiger partial charge in [0.05, 0.1) is 11.6 Å². The summed E-state index contributed by atoms with van der Waals surface area (Å²) in [6, 6.07) is 17.1. The number of hydrogen-bond acceptors (Lipinski definition) is 2. The minimum absolute atomic E-state index is 0.168. The van der Waals surface area contributed by atoms with E-state index in [0.717, 1.165) is 36.9 Å². The van der Waals surface area contributed by atoms with Gasteiger partial charge in [-0.3, -0.25) is 9.59 Å². The molecule has 27 heavy (non-hydrogen) atoms. The lowest BCUT2D eigenvalue weighted by molar-refractivity contribution is 0.0938. The number of pyridine rings is 1. The van der Waals surface area contributed by atoms with Gasteiger partial charge in [-0.2, -0.15) is 0 Å². The van der Waals surface area contributed by atoms with Crippen LogP contribution in [0.3, 0.4) is 0 Å². The fourth-order valence-corrected chi connectivity index (χ4v) is 3.32. The fraction of sp³-hybridized carbons (Fsp3) is 0.304. The third kappa shape index (κ3) is 4.27. The van der Waals surface area contributed by atoms with Crippen LogP contribution < -0.4 is 10.7 Å². The number of carbonyl (C=O) groups excluding carboxylic acids is 1. The first-order valence-corrected chi connectivity index (χ1v) is 9.59. The maximum Gasteiger partial charge on any atom is 0.257 e. The Kier molecular flexibility index (Phi) is 6.07. The van der Waals surface area contributed by atoms with Gasteiger partial charge in [0.15, 0.2) is 0 Å². The maximum absolute atomic E-state index is 12.9. The Bertz CT molecular complexity index is 977. The Balaban J connectivity index is 1.94. The van der Waals surface area contributed by atoms with Crippen LogP contribution in [-0.4, -0.2) is 10.5 Å². The predicted molar refractivity (Wildman–Crippen MR) is 110 cm³/mol. The molecule has 1 atom stereocenters. The van der Waals surface area contributed by atoms with Gasteiger partial charge < -0.3 is 9.88 Å². The number of benzene rings is 2. The molecule has 0 radical (unpaired) electrons. The summed E-state index contributed by atoms with van der Waals surface area (Å²) in [4.78, 5) is 25.7. The molecule has 0 saturated carbocycles. The molecule has 140 valence electrons. The number of carbonyl (C=O) groups is 1. The monoisotopic (exact) mass is 362 g/mol. The second kappa shape index (κ2) is 8.67. The molecule has 4 nitrogen and oxygen atoms in total. The number of hydrogen-bond donors (Lipinski definition) is 1. The Labute approximate surface area is 159 Å². The summed E-state index contributed by atoms with van der Waals surface area (Å²) >= 11 is 0. The molecule has 3 rings (SSSR count). The maximum atomic E-state index is 12.9. The third-order valence-electron chi connectivity index (χ3n) is 4.88. The zero-order valence-corrected chi connectivity index (χ0v) is 15.9. The van der Waals surface area contributed by atoms with Crippen LogP contribution in [0.1, 0.15) is 55.1 Å². The van der Waals surface area contributed by atoms with Crippen LogP contribution in [0.15, 0.2) is 65.6 Å². The highest BCUT2D eigenvalue weighted by Crippen LogP contribution is 2.15. The van der Waals surface area contributed by atoms with E-state index in [1.807, 2.05) is 60.0 Å². The first-order valence-electron chi connectivity index (χ1n) is 9.59. The molecule has 1 heterocycles. The first-order chi connectivity index (χ1) is 13.1. The van der Waals surface area contributed by atoms with Crippen molar-refractivity contribution in [2.75, 3.05) is 0 Å².